The minimum atomic E-state index is -0.693. The molecular formula is C27H27BrN2O. The van der Waals surface area contributed by atoms with Crippen LogP contribution in [0.15, 0.2) is 101 Å². The monoisotopic (exact) mass is 474 g/mol. The van der Waals surface area contributed by atoms with Crippen LogP contribution in [-0.2, 0) is 6.42 Å². The number of benzene rings is 3. The number of hydrogen-bond acceptors (Lipinski definition) is 3. The van der Waals surface area contributed by atoms with Gasteiger partial charge in [0.05, 0.1) is 12.1 Å². The molecule has 4 heteroatoms. The zero-order chi connectivity index (χ0) is 22.2. The van der Waals surface area contributed by atoms with E-state index in [0.717, 1.165) is 22.0 Å². The fraction of sp³-hybridized carbons (Fsp3) is 0.222. The Labute approximate surface area is 193 Å². The third-order valence-corrected chi connectivity index (χ3v) is 6.46. The molecule has 3 nitrogen and oxygen atoms in total. The summed E-state index contributed by atoms with van der Waals surface area (Å²) < 4.78 is 1.06. The fourth-order valence-electron chi connectivity index (χ4n) is 3.66. The third-order valence-electron chi connectivity index (χ3n) is 5.69. The van der Waals surface area contributed by atoms with Crippen LogP contribution < -0.4 is 0 Å². The van der Waals surface area contributed by atoms with Crippen molar-refractivity contribution in [3.63, 3.8) is 0 Å². The summed E-state index contributed by atoms with van der Waals surface area (Å²) in [5.74, 6) is 0.0260. The summed E-state index contributed by atoms with van der Waals surface area (Å²) in [6, 6.07) is 30.1. The van der Waals surface area contributed by atoms with Gasteiger partial charge in [-0.3, -0.25) is 0 Å². The number of hydrogen-bond donors (Lipinski definition) is 1. The molecule has 0 bridgehead atoms. The number of likely N-dealkylation sites (N-methyl/N-ethyl adjacent to an activating group) is 1. The van der Waals surface area contributed by atoms with Crippen molar-refractivity contribution in [1.82, 2.24) is 4.90 Å². The largest absolute Gasteiger partial charge is 0.386 e. The minimum absolute atomic E-state index is 0.0260. The van der Waals surface area contributed by atoms with Crippen LogP contribution in [0.1, 0.15) is 35.6 Å². The zero-order valence-electron chi connectivity index (χ0n) is 17.8. The fourth-order valence-corrected chi connectivity index (χ4v) is 4.10. The number of aliphatic hydroxyl groups excluding tert-OH is 1. The lowest BCUT2D eigenvalue weighted by Crippen LogP contribution is -2.33. The molecule has 0 aliphatic carbocycles. The summed E-state index contributed by atoms with van der Waals surface area (Å²) >= 11 is 3.65. The van der Waals surface area contributed by atoms with Crippen molar-refractivity contribution in [2.24, 2.45) is 0 Å². The molecule has 0 saturated heterocycles. The lowest BCUT2D eigenvalue weighted by Gasteiger charge is -2.31. The summed E-state index contributed by atoms with van der Waals surface area (Å²) in [6.07, 6.45) is 2.09. The quantitative estimate of drug-likeness (QED) is 0.393. The highest BCUT2D eigenvalue weighted by Gasteiger charge is 2.23. The summed E-state index contributed by atoms with van der Waals surface area (Å²) in [6.45, 7) is 1.94. The van der Waals surface area contributed by atoms with Gasteiger partial charge in [-0.25, -0.2) is 0 Å². The van der Waals surface area contributed by atoms with Crippen molar-refractivity contribution in [2.45, 2.75) is 31.4 Å². The molecule has 31 heavy (non-hydrogen) atoms. The molecule has 1 N–H and O–H groups in total. The first-order chi connectivity index (χ1) is 15.0. The highest BCUT2D eigenvalue weighted by molar-refractivity contribution is 9.10. The van der Waals surface area contributed by atoms with Crippen LogP contribution in [0.3, 0.4) is 0 Å². The maximum Gasteiger partial charge on any atom is 0.117 e. The van der Waals surface area contributed by atoms with Gasteiger partial charge in [-0.15, -0.1) is 0 Å². The van der Waals surface area contributed by atoms with Gasteiger partial charge in [-0.05, 0) is 42.2 Å². The number of halogens is 1. The van der Waals surface area contributed by atoms with Crippen LogP contribution in [0, 0.1) is 11.3 Å². The van der Waals surface area contributed by atoms with E-state index >= 15 is 0 Å². The molecule has 0 heterocycles. The van der Waals surface area contributed by atoms with E-state index in [1.807, 2.05) is 91.7 Å². The normalized spacial score (nSPS) is 14.4. The highest BCUT2D eigenvalue weighted by atomic mass is 79.9. The van der Waals surface area contributed by atoms with E-state index < -0.39 is 6.10 Å². The summed E-state index contributed by atoms with van der Waals surface area (Å²) in [7, 11) is 1.87. The van der Waals surface area contributed by atoms with E-state index in [1.165, 1.54) is 5.56 Å². The molecule has 3 rings (SSSR count). The number of aliphatic hydroxyl groups is 1. The van der Waals surface area contributed by atoms with E-state index in [-0.39, 0.29) is 12.0 Å². The van der Waals surface area contributed by atoms with Gasteiger partial charge in [0, 0.05) is 17.4 Å². The first-order valence-electron chi connectivity index (χ1n) is 10.4. The average molecular weight is 475 g/mol. The van der Waals surface area contributed by atoms with Crippen molar-refractivity contribution >= 4 is 15.9 Å². The van der Waals surface area contributed by atoms with Crippen LogP contribution in [-0.4, -0.2) is 23.1 Å². The van der Waals surface area contributed by atoms with Gasteiger partial charge in [0.25, 0.3) is 0 Å². The van der Waals surface area contributed by atoms with Crippen LogP contribution in [0.25, 0.3) is 0 Å². The van der Waals surface area contributed by atoms with Gasteiger partial charge >= 0.3 is 0 Å². The van der Waals surface area contributed by atoms with Gasteiger partial charge in [0.1, 0.15) is 11.8 Å². The molecular weight excluding hydrogens is 448 g/mol. The molecule has 158 valence electrons. The first-order valence-corrected chi connectivity index (χ1v) is 11.2. The first kappa shape index (κ1) is 22.8. The molecule has 0 spiro atoms. The predicted molar refractivity (Wildman–Crippen MR) is 129 cm³/mol. The van der Waals surface area contributed by atoms with Crippen molar-refractivity contribution in [1.29, 1.82) is 5.26 Å². The molecule has 0 saturated carbocycles. The van der Waals surface area contributed by atoms with Crippen molar-refractivity contribution in [2.75, 3.05) is 7.05 Å². The Morgan fingerprint density at radius 2 is 1.52 bits per heavy atom. The Morgan fingerprint density at radius 3 is 2.10 bits per heavy atom. The number of nitrogens with zero attached hydrogens (tertiary/aromatic N) is 2. The lowest BCUT2D eigenvalue weighted by atomic mass is 9.90. The molecule has 0 unspecified atom stereocenters. The Balaban J connectivity index is 1.91. The van der Waals surface area contributed by atoms with Crippen molar-refractivity contribution in [3.8, 4) is 6.07 Å². The van der Waals surface area contributed by atoms with Crippen LogP contribution in [0.5, 0.6) is 0 Å². The molecule has 0 fully saturated rings. The molecule has 0 radical (unpaired) electrons. The second-order valence-corrected chi connectivity index (χ2v) is 8.54. The second-order valence-electron chi connectivity index (χ2n) is 7.68. The summed E-state index contributed by atoms with van der Waals surface area (Å²) in [4.78, 5) is 1.87. The van der Waals surface area contributed by atoms with E-state index in [9.17, 15) is 10.4 Å². The Kier molecular flexibility index (Phi) is 8.06. The Morgan fingerprint density at radius 1 is 0.968 bits per heavy atom. The predicted octanol–water partition coefficient (Wildman–Crippen LogP) is 6.24. The van der Waals surface area contributed by atoms with Gasteiger partial charge < -0.3 is 10.0 Å². The number of rotatable bonds is 8. The molecule has 0 aliphatic rings. The van der Waals surface area contributed by atoms with Crippen molar-refractivity contribution < 1.29 is 5.11 Å². The van der Waals surface area contributed by atoms with Crippen LogP contribution >= 0.6 is 15.9 Å². The SMILES string of the molecule is C[C@@H]([C@H](O)c1ccccc1)N(C)/C(C#N)=C\[C@H](Cc1ccccc1Br)c1ccccc1. The molecule has 3 atom stereocenters. The van der Waals surface area contributed by atoms with Crippen LogP contribution in [0.2, 0.25) is 0 Å². The summed E-state index contributed by atoms with van der Waals surface area (Å²) in [5.41, 5.74) is 3.72. The Hall–Kier alpha value is -2.87. The molecule has 0 aliphatic heterocycles. The standard InChI is InChI=1S/C27H27BrN2O/c1-20(27(31)22-13-7-4-8-14-22)30(2)25(19-29)18-24(21-11-5-3-6-12-21)17-23-15-9-10-16-26(23)28/h3-16,18,20,24,27,31H,17H2,1-2H3/b25-18-/t20-,24-,27-/m0/s1. The van der Waals surface area contributed by atoms with Crippen molar-refractivity contribution in [3.05, 3.63) is 118 Å². The van der Waals surface area contributed by atoms with E-state index in [2.05, 4.69) is 40.2 Å². The van der Waals surface area contributed by atoms with E-state index in [1.54, 1.807) is 0 Å². The van der Waals surface area contributed by atoms with E-state index in [0.29, 0.717) is 5.70 Å². The van der Waals surface area contributed by atoms with Gasteiger partial charge in [0.2, 0.25) is 0 Å². The molecule has 3 aromatic rings. The average Bonchev–Trinajstić information content (AvgIpc) is 2.82. The second kappa shape index (κ2) is 10.9. The maximum atomic E-state index is 10.8. The molecule has 0 aromatic heterocycles. The Bertz CT molecular complexity index is 1040. The highest BCUT2D eigenvalue weighted by Crippen LogP contribution is 2.29. The maximum absolute atomic E-state index is 10.8. The molecule has 0 amide bonds. The van der Waals surface area contributed by atoms with Gasteiger partial charge in [-0.1, -0.05) is 94.8 Å². The smallest absolute Gasteiger partial charge is 0.117 e. The molecule has 3 aromatic carbocycles. The minimum Gasteiger partial charge on any atom is -0.386 e. The topological polar surface area (TPSA) is 47.3 Å². The summed E-state index contributed by atoms with van der Waals surface area (Å²) in [5, 5.41) is 20.8. The van der Waals surface area contributed by atoms with Crippen LogP contribution in [0.4, 0.5) is 0 Å². The lowest BCUT2D eigenvalue weighted by molar-refractivity contribution is 0.0911. The zero-order valence-corrected chi connectivity index (χ0v) is 19.4. The number of allylic oxidation sites excluding steroid dienone is 2. The van der Waals surface area contributed by atoms with Gasteiger partial charge in [-0.2, -0.15) is 5.26 Å². The van der Waals surface area contributed by atoms with Gasteiger partial charge in [0.15, 0.2) is 0 Å². The number of nitriles is 1. The van der Waals surface area contributed by atoms with E-state index in [4.69, 9.17) is 0 Å². The third kappa shape index (κ3) is 5.85.